The fraction of sp³-hybridized carbons (Fsp3) is 0.0588. The molecule has 3 nitrogen and oxygen atoms in total. The number of halogens is 1. The van der Waals surface area contributed by atoms with Crippen molar-refractivity contribution in [2.75, 3.05) is 7.05 Å². The van der Waals surface area contributed by atoms with Gasteiger partial charge in [-0.1, -0.05) is 46.3 Å². The molecule has 106 valence electrons. The zero-order chi connectivity index (χ0) is 15.2. The van der Waals surface area contributed by atoms with Crippen molar-refractivity contribution in [3.63, 3.8) is 0 Å². The molecular weight excluding hydrogens is 330 g/mol. The zero-order valence-electron chi connectivity index (χ0n) is 11.5. The van der Waals surface area contributed by atoms with Gasteiger partial charge in [-0.2, -0.15) is 0 Å². The third-order valence-corrected chi connectivity index (χ3v) is 3.48. The Morgan fingerprint density at radius 2 is 1.52 bits per heavy atom. The number of amides is 1. The Morgan fingerprint density at radius 1 is 0.952 bits per heavy atom. The minimum Gasteiger partial charge on any atom is -0.355 e. The summed E-state index contributed by atoms with van der Waals surface area (Å²) in [6, 6.07) is 14.3. The normalized spacial score (nSPS) is 10.6. The van der Waals surface area contributed by atoms with Crippen LogP contribution >= 0.6 is 15.9 Å². The van der Waals surface area contributed by atoms with Gasteiger partial charge in [0.15, 0.2) is 5.78 Å². The largest absolute Gasteiger partial charge is 0.355 e. The lowest BCUT2D eigenvalue weighted by molar-refractivity contribution is 0.0961. The van der Waals surface area contributed by atoms with Crippen LogP contribution in [0, 0.1) is 0 Å². The lowest BCUT2D eigenvalue weighted by Gasteiger charge is -2.00. The highest BCUT2D eigenvalue weighted by Gasteiger charge is 2.05. The van der Waals surface area contributed by atoms with Gasteiger partial charge in [-0.3, -0.25) is 9.59 Å². The summed E-state index contributed by atoms with van der Waals surface area (Å²) in [5, 5.41) is 2.54. The summed E-state index contributed by atoms with van der Waals surface area (Å²) in [6.07, 6.45) is 3.29. The first-order chi connectivity index (χ1) is 10.1. The maximum absolute atomic E-state index is 12.0. The van der Waals surface area contributed by atoms with E-state index in [1.807, 2.05) is 24.3 Å². The molecule has 0 spiro atoms. The predicted octanol–water partition coefficient (Wildman–Crippen LogP) is 3.70. The highest BCUT2D eigenvalue weighted by atomic mass is 79.9. The minimum absolute atomic E-state index is 0.0959. The van der Waals surface area contributed by atoms with E-state index < -0.39 is 0 Å². The number of hydrogen-bond acceptors (Lipinski definition) is 2. The molecule has 1 N–H and O–H groups in total. The molecule has 1 amide bonds. The van der Waals surface area contributed by atoms with Gasteiger partial charge in [0.05, 0.1) is 0 Å². The van der Waals surface area contributed by atoms with Gasteiger partial charge in [0.2, 0.25) is 0 Å². The summed E-state index contributed by atoms with van der Waals surface area (Å²) in [5.41, 5.74) is 2.04. The van der Waals surface area contributed by atoms with Crippen molar-refractivity contribution in [1.82, 2.24) is 5.32 Å². The van der Waals surface area contributed by atoms with Crippen LogP contribution in [-0.4, -0.2) is 18.7 Å². The van der Waals surface area contributed by atoms with E-state index in [2.05, 4.69) is 21.2 Å². The highest BCUT2D eigenvalue weighted by molar-refractivity contribution is 9.10. The Bertz CT molecular complexity index is 673. The standard InChI is InChI=1S/C17H14BrNO2/c1-19-17(21)14-7-5-13(6-8-14)16(20)11-4-12-2-9-15(18)10-3-12/h2-11H,1H3,(H,19,21)/b11-4+. The third-order valence-electron chi connectivity index (χ3n) is 2.96. The second-order valence-electron chi connectivity index (χ2n) is 4.41. The molecule has 0 fully saturated rings. The first-order valence-electron chi connectivity index (χ1n) is 6.40. The van der Waals surface area contributed by atoms with Gasteiger partial charge >= 0.3 is 0 Å². The molecule has 0 radical (unpaired) electrons. The van der Waals surface area contributed by atoms with Crippen LogP contribution < -0.4 is 5.32 Å². The fourth-order valence-electron chi connectivity index (χ4n) is 1.77. The van der Waals surface area contributed by atoms with E-state index in [0.29, 0.717) is 11.1 Å². The number of allylic oxidation sites excluding steroid dienone is 1. The molecule has 0 aliphatic carbocycles. The van der Waals surface area contributed by atoms with Gasteiger partial charge in [0.1, 0.15) is 0 Å². The van der Waals surface area contributed by atoms with Crippen LogP contribution in [0.15, 0.2) is 59.1 Å². The van der Waals surface area contributed by atoms with E-state index in [1.165, 1.54) is 6.08 Å². The van der Waals surface area contributed by atoms with E-state index in [-0.39, 0.29) is 11.7 Å². The van der Waals surface area contributed by atoms with Gasteiger partial charge in [0.25, 0.3) is 5.91 Å². The topological polar surface area (TPSA) is 46.2 Å². The molecule has 0 heterocycles. The lowest BCUT2D eigenvalue weighted by Crippen LogP contribution is -2.17. The summed E-state index contributed by atoms with van der Waals surface area (Å²) in [4.78, 5) is 23.5. The summed E-state index contributed by atoms with van der Waals surface area (Å²) >= 11 is 3.36. The average Bonchev–Trinajstić information content (AvgIpc) is 2.53. The molecule has 0 saturated heterocycles. The molecule has 0 aliphatic rings. The number of ketones is 1. The van der Waals surface area contributed by atoms with E-state index in [0.717, 1.165) is 10.0 Å². The van der Waals surface area contributed by atoms with Crippen molar-refractivity contribution >= 4 is 33.7 Å². The maximum Gasteiger partial charge on any atom is 0.251 e. The third kappa shape index (κ3) is 4.13. The van der Waals surface area contributed by atoms with Crippen molar-refractivity contribution < 1.29 is 9.59 Å². The van der Waals surface area contributed by atoms with Crippen molar-refractivity contribution in [2.24, 2.45) is 0 Å². The summed E-state index contributed by atoms with van der Waals surface area (Å²) in [6.45, 7) is 0. The first-order valence-corrected chi connectivity index (χ1v) is 7.19. The van der Waals surface area contributed by atoms with Crippen LogP contribution in [0.4, 0.5) is 0 Å². The molecule has 2 aromatic carbocycles. The first kappa shape index (κ1) is 15.2. The predicted molar refractivity (Wildman–Crippen MR) is 87.3 cm³/mol. The van der Waals surface area contributed by atoms with E-state index >= 15 is 0 Å². The Morgan fingerprint density at radius 3 is 2.10 bits per heavy atom. The van der Waals surface area contributed by atoms with Crippen LogP contribution in [0.1, 0.15) is 26.3 Å². The molecule has 2 aromatic rings. The monoisotopic (exact) mass is 343 g/mol. The Labute approximate surface area is 131 Å². The molecule has 2 rings (SSSR count). The Kier molecular flexibility index (Phi) is 5.06. The molecule has 21 heavy (non-hydrogen) atoms. The summed E-state index contributed by atoms with van der Waals surface area (Å²) in [7, 11) is 1.57. The fourth-order valence-corrected chi connectivity index (χ4v) is 2.04. The molecule has 0 unspecified atom stereocenters. The lowest BCUT2D eigenvalue weighted by atomic mass is 10.1. The molecule has 0 aromatic heterocycles. The zero-order valence-corrected chi connectivity index (χ0v) is 13.1. The van der Waals surface area contributed by atoms with E-state index in [4.69, 9.17) is 0 Å². The van der Waals surface area contributed by atoms with Gasteiger partial charge in [-0.15, -0.1) is 0 Å². The van der Waals surface area contributed by atoms with Crippen LogP contribution in [0.25, 0.3) is 6.08 Å². The minimum atomic E-state index is -0.167. The van der Waals surface area contributed by atoms with E-state index in [9.17, 15) is 9.59 Å². The molecule has 0 saturated carbocycles. The van der Waals surface area contributed by atoms with Gasteiger partial charge < -0.3 is 5.32 Å². The molecule has 4 heteroatoms. The second-order valence-corrected chi connectivity index (χ2v) is 5.32. The number of carbonyl (C=O) groups excluding carboxylic acids is 2. The van der Waals surface area contributed by atoms with Crippen molar-refractivity contribution in [3.8, 4) is 0 Å². The number of carbonyl (C=O) groups is 2. The van der Waals surface area contributed by atoms with E-state index in [1.54, 1.807) is 37.4 Å². The SMILES string of the molecule is CNC(=O)c1ccc(C(=O)/C=C/c2ccc(Br)cc2)cc1. The van der Waals surface area contributed by atoms with Crippen LogP contribution in [0.5, 0.6) is 0 Å². The summed E-state index contributed by atoms with van der Waals surface area (Å²) < 4.78 is 0.996. The number of benzene rings is 2. The molecule has 0 bridgehead atoms. The molecular formula is C17H14BrNO2. The number of rotatable bonds is 4. The van der Waals surface area contributed by atoms with Gasteiger partial charge in [-0.25, -0.2) is 0 Å². The Balaban J connectivity index is 2.09. The van der Waals surface area contributed by atoms with Crippen LogP contribution in [0.3, 0.4) is 0 Å². The maximum atomic E-state index is 12.0. The quantitative estimate of drug-likeness (QED) is 0.679. The number of nitrogens with one attached hydrogen (secondary N) is 1. The highest BCUT2D eigenvalue weighted by Crippen LogP contribution is 2.12. The smallest absolute Gasteiger partial charge is 0.251 e. The van der Waals surface area contributed by atoms with Crippen molar-refractivity contribution in [1.29, 1.82) is 0 Å². The molecule has 0 atom stereocenters. The second kappa shape index (κ2) is 6.99. The van der Waals surface area contributed by atoms with Crippen LogP contribution in [0.2, 0.25) is 0 Å². The van der Waals surface area contributed by atoms with Gasteiger partial charge in [-0.05, 0) is 35.9 Å². The Hall–Kier alpha value is -2.20. The van der Waals surface area contributed by atoms with Crippen molar-refractivity contribution in [3.05, 3.63) is 75.8 Å². The van der Waals surface area contributed by atoms with Crippen LogP contribution in [-0.2, 0) is 0 Å². The summed E-state index contributed by atoms with van der Waals surface area (Å²) in [5.74, 6) is -0.263. The molecule has 0 aliphatic heterocycles. The average molecular weight is 344 g/mol. The van der Waals surface area contributed by atoms with Gasteiger partial charge in [0, 0.05) is 22.6 Å². The number of hydrogen-bond donors (Lipinski definition) is 1. The van der Waals surface area contributed by atoms with Crippen molar-refractivity contribution in [2.45, 2.75) is 0 Å².